The third-order valence-corrected chi connectivity index (χ3v) is 4.68. The molecule has 2 aromatic carbocycles. The number of alkyl halides is 1. The van der Waals surface area contributed by atoms with E-state index in [0.29, 0.717) is 13.2 Å². The van der Waals surface area contributed by atoms with Crippen LogP contribution in [0, 0.1) is 0 Å². The molecule has 1 unspecified atom stereocenters. The lowest BCUT2D eigenvalue weighted by atomic mass is 9.95. The maximum absolute atomic E-state index is 10.9. The maximum Gasteiger partial charge on any atom is 0.138 e. The third kappa shape index (κ3) is 2.60. The fourth-order valence-electron chi connectivity index (χ4n) is 2.46. The average Bonchev–Trinajstić information content (AvgIpc) is 2.64. The van der Waals surface area contributed by atoms with E-state index in [9.17, 15) is 4.79 Å². The second-order valence-electron chi connectivity index (χ2n) is 4.75. The van der Waals surface area contributed by atoms with Crippen LogP contribution in [0.5, 0.6) is 0 Å². The number of hydrogen-bond acceptors (Lipinski definition) is 2. The van der Waals surface area contributed by atoms with Gasteiger partial charge < -0.3 is 9.53 Å². The normalized spacial score (nSPS) is 14.9. The molecule has 20 heavy (non-hydrogen) atoms. The first-order chi connectivity index (χ1) is 9.69. The molecule has 1 aliphatic rings. The largest absolute Gasteiger partial charge is 0.372 e. The Labute approximate surface area is 134 Å². The van der Waals surface area contributed by atoms with E-state index in [1.807, 2.05) is 18.2 Å². The monoisotopic (exact) mass is 394 g/mol. The van der Waals surface area contributed by atoms with Crippen LogP contribution < -0.4 is 0 Å². The van der Waals surface area contributed by atoms with Crippen LogP contribution in [0.1, 0.15) is 21.5 Å². The van der Waals surface area contributed by atoms with E-state index in [1.165, 1.54) is 16.7 Å². The zero-order valence-corrected chi connectivity index (χ0v) is 13.8. The van der Waals surface area contributed by atoms with E-state index in [2.05, 4.69) is 50.1 Å². The Morgan fingerprint density at radius 1 is 1.05 bits per heavy atom. The van der Waals surface area contributed by atoms with Gasteiger partial charge in [-0.25, -0.2) is 0 Å². The highest BCUT2D eigenvalue weighted by molar-refractivity contribution is 9.10. The summed E-state index contributed by atoms with van der Waals surface area (Å²) < 4.78 is 6.80. The standard InChI is InChI=1S/C16H12Br2O2/c17-13-2-4-15-12(6-13)9-20-8-11-5-10(16(18)7-19)1-3-14(11)15/h1-7,16H,8-9H2. The van der Waals surface area contributed by atoms with Crippen LogP contribution in [0.3, 0.4) is 0 Å². The highest BCUT2D eigenvalue weighted by Gasteiger charge is 2.16. The summed E-state index contributed by atoms with van der Waals surface area (Å²) in [6.07, 6.45) is 0.893. The molecule has 0 amide bonds. The highest BCUT2D eigenvalue weighted by atomic mass is 79.9. The summed E-state index contributed by atoms with van der Waals surface area (Å²) in [6.45, 7) is 1.16. The molecular formula is C16H12Br2O2. The second kappa shape index (κ2) is 5.80. The number of rotatable bonds is 2. The van der Waals surface area contributed by atoms with Gasteiger partial charge in [0.1, 0.15) is 6.29 Å². The van der Waals surface area contributed by atoms with Gasteiger partial charge in [-0.15, -0.1) is 0 Å². The summed E-state index contributed by atoms with van der Waals surface area (Å²) in [4.78, 5) is 10.6. The van der Waals surface area contributed by atoms with Crippen molar-refractivity contribution in [3.63, 3.8) is 0 Å². The Morgan fingerprint density at radius 2 is 1.70 bits per heavy atom. The van der Waals surface area contributed by atoms with E-state index in [0.717, 1.165) is 21.9 Å². The minimum atomic E-state index is -0.263. The number of ether oxygens (including phenoxy) is 1. The van der Waals surface area contributed by atoms with Gasteiger partial charge in [0.05, 0.1) is 18.0 Å². The van der Waals surface area contributed by atoms with Crippen LogP contribution in [0.2, 0.25) is 0 Å². The van der Waals surface area contributed by atoms with Crippen molar-refractivity contribution < 1.29 is 9.53 Å². The number of carbonyl (C=O) groups is 1. The van der Waals surface area contributed by atoms with Gasteiger partial charge in [0.25, 0.3) is 0 Å². The summed E-state index contributed by atoms with van der Waals surface area (Å²) in [7, 11) is 0. The van der Waals surface area contributed by atoms with Crippen molar-refractivity contribution in [2.75, 3.05) is 0 Å². The molecule has 0 N–H and O–H groups in total. The highest BCUT2D eigenvalue weighted by Crippen LogP contribution is 2.35. The third-order valence-electron chi connectivity index (χ3n) is 3.44. The van der Waals surface area contributed by atoms with E-state index in [-0.39, 0.29) is 4.83 Å². The lowest BCUT2D eigenvalue weighted by Crippen LogP contribution is -1.95. The first kappa shape index (κ1) is 14.0. The lowest BCUT2D eigenvalue weighted by molar-refractivity contribution is -0.107. The summed E-state index contributed by atoms with van der Waals surface area (Å²) in [5, 5.41) is 0. The van der Waals surface area contributed by atoms with Crippen molar-refractivity contribution in [1.29, 1.82) is 0 Å². The Balaban J connectivity index is 2.13. The quantitative estimate of drug-likeness (QED) is 0.540. The van der Waals surface area contributed by atoms with Gasteiger partial charge in [-0.1, -0.05) is 56.1 Å². The number of benzene rings is 2. The van der Waals surface area contributed by atoms with E-state index in [4.69, 9.17) is 4.74 Å². The van der Waals surface area contributed by atoms with Crippen LogP contribution >= 0.6 is 31.9 Å². The van der Waals surface area contributed by atoms with Crippen molar-refractivity contribution in [3.05, 3.63) is 57.6 Å². The van der Waals surface area contributed by atoms with Crippen molar-refractivity contribution in [3.8, 4) is 11.1 Å². The Morgan fingerprint density at radius 3 is 2.40 bits per heavy atom. The fraction of sp³-hybridized carbons (Fsp3) is 0.188. The molecule has 0 radical (unpaired) electrons. The topological polar surface area (TPSA) is 26.3 Å². The van der Waals surface area contributed by atoms with Crippen molar-refractivity contribution >= 4 is 38.1 Å². The molecule has 0 aliphatic carbocycles. The van der Waals surface area contributed by atoms with Gasteiger partial charge >= 0.3 is 0 Å². The molecule has 1 aliphatic heterocycles. The second-order valence-corrected chi connectivity index (χ2v) is 6.65. The Kier molecular flexibility index (Phi) is 4.06. The van der Waals surface area contributed by atoms with Gasteiger partial charge in [-0.05, 0) is 39.9 Å². The number of aldehydes is 1. The van der Waals surface area contributed by atoms with E-state index < -0.39 is 0 Å². The molecule has 0 saturated carbocycles. The molecular weight excluding hydrogens is 384 g/mol. The molecule has 3 rings (SSSR count). The molecule has 2 nitrogen and oxygen atoms in total. The minimum absolute atomic E-state index is 0.263. The lowest BCUT2D eigenvalue weighted by Gasteiger charge is -2.11. The molecule has 0 saturated heterocycles. The summed E-state index contributed by atoms with van der Waals surface area (Å²) in [6, 6.07) is 12.4. The first-order valence-electron chi connectivity index (χ1n) is 6.28. The molecule has 4 heteroatoms. The molecule has 102 valence electrons. The predicted octanol–water partition coefficient (Wildman–Crippen LogP) is 4.78. The van der Waals surface area contributed by atoms with Crippen molar-refractivity contribution in [1.82, 2.24) is 0 Å². The molecule has 0 aromatic heterocycles. The van der Waals surface area contributed by atoms with Crippen LogP contribution in [-0.2, 0) is 22.7 Å². The van der Waals surface area contributed by atoms with E-state index >= 15 is 0 Å². The molecule has 2 aromatic rings. The zero-order valence-electron chi connectivity index (χ0n) is 10.6. The molecule has 1 heterocycles. The molecule has 0 fully saturated rings. The van der Waals surface area contributed by atoms with Gasteiger partial charge in [-0.2, -0.15) is 0 Å². The molecule has 1 atom stereocenters. The maximum atomic E-state index is 10.9. The number of halogens is 2. The smallest absolute Gasteiger partial charge is 0.138 e. The molecule has 0 spiro atoms. The molecule has 0 bridgehead atoms. The van der Waals surface area contributed by atoms with Crippen molar-refractivity contribution in [2.24, 2.45) is 0 Å². The summed E-state index contributed by atoms with van der Waals surface area (Å²) in [5.74, 6) is 0. The van der Waals surface area contributed by atoms with E-state index in [1.54, 1.807) is 0 Å². The minimum Gasteiger partial charge on any atom is -0.372 e. The van der Waals surface area contributed by atoms with Crippen LogP contribution in [0.25, 0.3) is 11.1 Å². The van der Waals surface area contributed by atoms with Crippen LogP contribution in [0.15, 0.2) is 40.9 Å². The number of fused-ring (bicyclic) bond motifs is 3. The van der Waals surface area contributed by atoms with Gasteiger partial charge in [0, 0.05) is 4.47 Å². The van der Waals surface area contributed by atoms with Gasteiger partial charge in [0.2, 0.25) is 0 Å². The Bertz CT molecular complexity index is 668. The summed E-state index contributed by atoms with van der Waals surface area (Å²) in [5.41, 5.74) is 5.64. The fourth-order valence-corrected chi connectivity index (χ4v) is 3.15. The van der Waals surface area contributed by atoms with Crippen LogP contribution in [-0.4, -0.2) is 6.29 Å². The summed E-state index contributed by atoms with van der Waals surface area (Å²) >= 11 is 6.85. The van der Waals surface area contributed by atoms with Gasteiger partial charge in [-0.3, -0.25) is 0 Å². The SMILES string of the molecule is O=CC(Br)c1ccc2c(c1)COCc1cc(Br)ccc1-2. The zero-order chi connectivity index (χ0) is 14.1. The van der Waals surface area contributed by atoms with Crippen molar-refractivity contribution in [2.45, 2.75) is 18.0 Å². The number of hydrogen-bond donors (Lipinski definition) is 0. The Hall–Kier alpha value is -0.970. The number of carbonyl (C=O) groups excluding carboxylic acids is 1. The first-order valence-corrected chi connectivity index (χ1v) is 7.98. The van der Waals surface area contributed by atoms with Crippen LogP contribution in [0.4, 0.5) is 0 Å². The average molecular weight is 396 g/mol. The van der Waals surface area contributed by atoms with Gasteiger partial charge in [0.15, 0.2) is 0 Å². The predicted molar refractivity (Wildman–Crippen MR) is 85.8 cm³/mol.